The molecule has 9 heavy (non-hydrogen) atoms. The molecule has 0 aromatic heterocycles. The molecular formula is C5H7FN2S. The predicted octanol–water partition coefficient (Wildman–Crippen LogP) is 1.62. The molecule has 0 saturated heterocycles. The van der Waals surface area contributed by atoms with Crippen molar-refractivity contribution < 1.29 is 4.39 Å². The zero-order valence-electron chi connectivity index (χ0n) is 4.80. The fourth-order valence-corrected chi connectivity index (χ4v) is 0.488. The Bertz CT molecular complexity index is 153. The largest absolute Gasteiger partial charge is 0.272 e. The first-order chi connectivity index (χ1) is 4.20. The summed E-state index contributed by atoms with van der Waals surface area (Å²) in [5.41, 5.74) is 0. The summed E-state index contributed by atoms with van der Waals surface area (Å²) in [6.45, 7) is 6.27. The van der Waals surface area contributed by atoms with Crippen LogP contribution >= 0.6 is 11.9 Å². The van der Waals surface area contributed by atoms with E-state index in [-0.39, 0.29) is 0 Å². The smallest absolute Gasteiger partial charge is 0.206 e. The van der Waals surface area contributed by atoms with Crippen LogP contribution in [0.25, 0.3) is 0 Å². The van der Waals surface area contributed by atoms with Gasteiger partial charge in [-0.2, -0.15) is 4.39 Å². The summed E-state index contributed by atoms with van der Waals surface area (Å²) in [5, 5.41) is 5.36. The van der Waals surface area contributed by atoms with Gasteiger partial charge in [-0.05, 0) is 24.6 Å². The van der Waals surface area contributed by atoms with Gasteiger partial charge in [0.05, 0.1) is 0 Å². The van der Waals surface area contributed by atoms with Crippen LogP contribution in [0, 0.1) is 0 Å². The van der Waals surface area contributed by atoms with Crippen molar-refractivity contribution in [3.05, 3.63) is 25.2 Å². The predicted molar refractivity (Wildman–Crippen MR) is 39.7 cm³/mol. The maximum Gasteiger partial charge on any atom is 0.206 e. The molecule has 0 aliphatic heterocycles. The van der Waals surface area contributed by atoms with Gasteiger partial charge in [-0.15, -0.1) is 0 Å². The van der Waals surface area contributed by atoms with Crippen molar-refractivity contribution in [2.45, 2.75) is 0 Å². The molecule has 0 fully saturated rings. The van der Waals surface area contributed by atoms with Crippen LogP contribution in [0.15, 0.2) is 30.2 Å². The second-order valence-electron chi connectivity index (χ2n) is 1.15. The van der Waals surface area contributed by atoms with E-state index in [0.717, 1.165) is 11.9 Å². The van der Waals surface area contributed by atoms with E-state index in [0.29, 0.717) is 5.04 Å². The second kappa shape index (κ2) is 4.29. The summed E-state index contributed by atoms with van der Waals surface area (Å²) in [7, 11) is 0. The molecule has 2 nitrogen and oxygen atoms in total. The SMILES string of the molecule is C=C/C(=N\C(=C)F)SN. The van der Waals surface area contributed by atoms with Crippen molar-refractivity contribution in [3.8, 4) is 0 Å². The van der Waals surface area contributed by atoms with Crippen LogP contribution in [0.2, 0.25) is 0 Å². The van der Waals surface area contributed by atoms with E-state index in [9.17, 15) is 4.39 Å². The van der Waals surface area contributed by atoms with Crippen LogP contribution in [-0.2, 0) is 0 Å². The average molecular weight is 146 g/mol. The third-order valence-corrected chi connectivity index (χ3v) is 1.03. The quantitative estimate of drug-likeness (QED) is 0.278. The Kier molecular flexibility index (Phi) is 4.00. The van der Waals surface area contributed by atoms with Gasteiger partial charge in [0.25, 0.3) is 0 Å². The molecule has 0 bridgehead atoms. The van der Waals surface area contributed by atoms with Crippen molar-refractivity contribution in [1.29, 1.82) is 0 Å². The van der Waals surface area contributed by atoms with Crippen LogP contribution < -0.4 is 5.14 Å². The first kappa shape index (κ1) is 8.39. The summed E-state index contributed by atoms with van der Waals surface area (Å²) in [6, 6.07) is 0. The maximum atomic E-state index is 11.8. The molecule has 0 radical (unpaired) electrons. The second-order valence-corrected chi connectivity index (χ2v) is 1.80. The van der Waals surface area contributed by atoms with Crippen LogP contribution in [0.5, 0.6) is 0 Å². The van der Waals surface area contributed by atoms with E-state index >= 15 is 0 Å². The van der Waals surface area contributed by atoms with E-state index in [1.807, 2.05) is 0 Å². The molecule has 2 N–H and O–H groups in total. The summed E-state index contributed by atoms with van der Waals surface area (Å²) < 4.78 is 11.8. The maximum absolute atomic E-state index is 11.8. The fraction of sp³-hybridized carbons (Fsp3) is 0. The van der Waals surface area contributed by atoms with Gasteiger partial charge in [0.2, 0.25) is 5.95 Å². The lowest BCUT2D eigenvalue weighted by molar-refractivity contribution is 0.634. The molecule has 0 aliphatic rings. The van der Waals surface area contributed by atoms with Crippen molar-refractivity contribution >= 4 is 17.0 Å². The Balaban J connectivity index is 4.07. The number of nitrogens with zero attached hydrogens (tertiary/aromatic N) is 1. The Morgan fingerprint density at radius 2 is 2.33 bits per heavy atom. The normalized spacial score (nSPS) is 11.1. The molecule has 0 aromatic carbocycles. The van der Waals surface area contributed by atoms with E-state index < -0.39 is 5.95 Å². The number of nitrogens with two attached hydrogens (primary N) is 1. The molecular weight excluding hydrogens is 139 g/mol. The van der Waals surface area contributed by atoms with Gasteiger partial charge in [0, 0.05) is 0 Å². The lowest BCUT2D eigenvalue weighted by Gasteiger charge is -1.89. The number of hydrogen-bond donors (Lipinski definition) is 1. The van der Waals surface area contributed by atoms with Crippen molar-refractivity contribution in [1.82, 2.24) is 0 Å². The number of rotatable bonds is 2. The highest BCUT2D eigenvalue weighted by atomic mass is 32.2. The lowest BCUT2D eigenvalue weighted by atomic mass is 10.7. The molecule has 0 spiro atoms. The highest BCUT2D eigenvalue weighted by Crippen LogP contribution is 2.00. The Hall–Kier alpha value is -0.610. The number of halogens is 1. The van der Waals surface area contributed by atoms with Gasteiger partial charge < -0.3 is 0 Å². The van der Waals surface area contributed by atoms with Crippen LogP contribution in [0.4, 0.5) is 4.39 Å². The minimum Gasteiger partial charge on any atom is -0.272 e. The Labute approximate surface area is 57.5 Å². The molecule has 0 saturated carbocycles. The molecule has 4 heteroatoms. The number of hydrogen-bond acceptors (Lipinski definition) is 3. The molecule has 0 aliphatic carbocycles. The zero-order chi connectivity index (χ0) is 7.28. The highest BCUT2D eigenvalue weighted by molar-refractivity contribution is 8.12. The molecule has 0 unspecified atom stereocenters. The molecule has 50 valence electrons. The van der Waals surface area contributed by atoms with Crippen molar-refractivity contribution in [2.75, 3.05) is 0 Å². The highest BCUT2D eigenvalue weighted by Gasteiger charge is 1.89. The standard InChI is InChI=1S/C5H7FN2S/c1-3-5(9-7)8-4(2)6/h3H,1-2,7H2/b8-5+. The van der Waals surface area contributed by atoms with Gasteiger partial charge in [-0.3, -0.25) is 5.14 Å². The molecule has 0 rings (SSSR count). The Morgan fingerprint density at radius 3 is 2.44 bits per heavy atom. The van der Waals surface area contributed by atoms with E-state index in [4.69, 9.17) is 5.14 Å². The summed E-state index contributed by atoms with van der Waals surface area (Å²) in [4.78, 5) is 3.29. The van der Waals surface area contributed by atoms with Gasteiger partial charge in [-0.1, -0.05) is 6.58 Å². The van der Waals surface area contributed by atoms with Crippen LogP contribution in [0.3, 0.4) is 0 Å². The third kappa shape index (κ3) is 3.93. The third-order valence-electron chi connectivity index (χ3n) is 0.527. The fourth-order valence-electron chi connectivity index (χ4n) is 0.240. The minimum atomic E-state index is -0.761. The summed E-state index contributed by atoms with van der Waals surface area (Å²) >= 11 is 0.829. The van der Waals surface area contributed by atoms with Gasteiger partial charge in [-0.25, -0.2) is 4.99 Å². The molecule has 0 heterocycles. The van der Waals surface area contributed by atoms with E-state index in [1.165, 1.54) is 6.08 Å². The van der Waals surface area contributed by atoms with Crippen LogP contribution in [0.1, 0.15) is 0 Å². The van der Waals surface area contributed by atoms with Crippen molar-refractivity contribution in [3.63, 3.8) is 0 Å². The van der Waals surface area contributed by atoms with E-state index in [1.54, 1.807) is 0 Å². The van der Waals surface area contributed by atoms with Crippen molar-refractivity contribution in [2.24, 2.45) is 10.1 Å². The number of aliphatic imine (C=N–C) groups is 1. The topological polar surface area (TPSA) is 38.4 Å². The van der Waals surface area contributed by atoms with Gasteiger partial charge in [0.15, 0.2) is 0 Å². The monoisotopic (exact) mass is 146 g/mol. The summed E-state index contributed by atoms with van der Waals surface area (Å²) in [6.07, 6.45) is 1.36. The average Bonchev–Trinajstić information content (AvgIpc) is 1.82. The lowest BCUT2D eigenvalue weighted by Crippen LogP contribution is -1.90. The Morgan fingerprint density at radius 1 is 1.78 bits per heavy atom. The van der Waals surface area contributed by atoms with Crippen LogP contribution in [-0.4, -0.2) is 5.04 Å². The minimum absolute atomic E-state index is 0.322. The van der Waals surface area contributed by atoms with Gasteiger partial charge in [0.1, 0.15) is 5.04 Å². The first-order valence-corrected chi connectivity index (χ1v) is 3.01. The molecule has 0 amide bonds. The molecule has 0 atom stereocenters. The summed E-state index contributed by atoms with van der Waals surface area (Å²) in [5.74, 6) is -0.761. The molecule has 0 aromatic rings. The first-order valence-electron chi connectivity index (χ1n) is 2.13. The zero-order valence-corrected chi connectivity index (χ0v) is 5.62. The van der Waals surface area contributed by atoms with Gasteiger partial charge >= 0.3 is 0 Å². The van der Waals surface area contributed by atoms with E-state index in [2.05, 4.69) is 18.2 Å².